The zero-order chi connectivity index (χ0) is 12.4. The zero-order valence-corrected chi connectivity index (χ0v) is 9.72. The standard InChI is InChI=1S/C12H16N2O3/c1-8-7-14(4-5-17-8)11-6-9(13)2-3-10(11)12(15)16/h2-3,6,8H,4-5,7,13H2,1H3,(H,15,16). The van der Waals surface area contributed by atoms with E-state index in [0.717, 1.165) is 0 Å². The molecule has 0 aliphatic carbocycles. The van der Waals surface area contributed by atoms with Crippen LogP contribution in [-0.2, 0) is 4.74 Å². The van der Waals surface area contributed by atoms with Crippen molar-refractivity contribution in [3.05, 3.63) is 23.8 Å². The summed E-state index contributed by atoms with van der Waals surface area (Å²) in [7, 11) is 0. The minimum Gasteiger partial charge on any atom is -0.478 e. The van der Waals surface area contributed by atoms with E-state index < -0.39 is 5.97 Å². The Labute approximate surface area is 99.8 Å². The summed E-state index contributed by atoms with van der Waals surface area (Å²) in [4.78, 5) is 13.2. The minimum atomic E-state index is -0.931. The number of nitrogen functional groups attached to an aromatic ring is 1. The molecule has 3 N–H and O–H groups in total. The van der Waals surface area contributed by atoms with Crippen molar-refractivity contribution in [3.63, 3.8) is 0 Å². The summed E-state index contributed by atoms with van der Waals surface area (Å²) in [5.74, 6) is -0.931. The number of anilines is 2. The van der Waals surface area contributed by atoms with Crippen LogP contribution >= 0.6 is 0 Å². The molecule has 92 valence electrons. The minimum absolute atomic E-state index is 0.104. The van der Waals surface area contributed by atoms with Crippen LogP contribution in [0.25, 0.3) is 0 Å². The summed E-state index contributed by atoms with van der Waals surface area (Å²) in [5.41, 5.74) is 7.25. The first-order valence-corrected chi connectivity index (χ1v) is 5.57. The van der Waals surface area contributed by atoms with E-state index in [-0.39, 0.29) is 11.7 Å². The summed E-state index contributed by atoms with van der Waals surface area (Å²) in [6.07, 6.45) is 0.104. The van der Waals surface area contributed by atoms with Gasteiger partial charge in [-0.25, -0.2) is 4.79 Å². The average molecular weight is 236 g/mol. The summed E-state index contributed by atoms with van der Waals surface area (Å²) in [6, 6.07) is 4.87. The summed E-state index contributed by atoms with van der Waals surface area (Å²) >= 11 is 0. The third kappa shape index (κ3) is 2.50. The van der Waals surface area contributed by atoms with Crippen molar-refractivity contribution >= 4 is 17.3 Å². The number of rotatable bonds is 2. The van der Waals surface area contributed by atoms with Crippen LogP contribution < -0.4 is 10.6 Å². The molecule has 1 atom stereocenters. The predicted molar refractivity (Wildman–Crippen MR) is 65.4 cm³/mol. The van der Waals surface area contributed by atoms with Gasteiger partial charge in [-0.2, -0.15) is 0 Å². The number of morpholine rings is 1. The number of nitrogens with two attached hydrogens (primary N) is 1. The quantitative estimate of drug-likeness (QED) is 0.754. The molecule has 0 radical (unpaired) electrons. The first-order valence-electron chi connectivity index (χ1n) is 5.57. The van der Waals surface area contributed by atoms with E-state index in [9.17, 15) is 4.79 Å². The molecule has 1 aromatic rings. The molecule has 5 heteroatoms. The number of hydrogen-bond donors (Lipinski definition) is 2. The Bertz CT molecular complexity index is 434. The van der Waals surface area contributed by atoms with Crippen molar-refractivity contribution in [2.45, 2.75) is 13.0 Å². The number of hydrogen-bond acceptors (Lipinski definition) is 4. The number of carbonyl (C=O) groups is 1. The van der Waals surface area contributed by atoms with E-state index in [1.807, 2.05) is 11.8 Å². The Kier molecular flexibility index (Phi) is 3.19. The molecule has 0 saturated carbocycles. The molecule has 0 bridgehead atoms. The molecule has 1 fully saturated rings. The first kappa shape index (κ1) is 11.7. The van der Waals surface area contributed by atoms with Gasteiger partial charge in [-0.1, -0.05) is 0 Å². The molecule has 0 aromatic heterocycles. The number of aromatic carboxylic acids is 1. The SMILES string of the molecule is CC1CN(c2cc(N)ccc2C(=O)O)CCO1. The molecule has 1 aliphatic heterocycles. The van der Waals surface area contributed by atoms with Gasteiger partial charge in [-0.05, 0) is 25.1 Å². The molecule has 0 spiro atoms. The van der Waals surface area contributed by atoms with Gasteiger partial charge in [-0.3, -0.25) is 0 Å². The van der Waals surface area contributed by atoms with E-state index in [1.54, 1.807) is 18.2 Å². The highest BCUT2D eigenvalue weighted by atomic mass is 16.5. The molecule has 17 heavy (non-hydrogen) atoms. The Morgan fingerprint density at radius 3 is 3.00 bits per heavy atom. The van der Waals surface area contributed by atoms with Crippen molar-refractivity contribution in [3.8, 4) is 0 Å². The van der Waals surface area contributed by atoms with Crippen molar-refractivity contribution < 1.29 is 14.6 Å². The lowest BCUT2D eigenvalue weighted by Crippen LogP contribution is -2.41. The molecule has 5 nitrogen and oxygen atoms in total. The lowest BCUT2D eigenvalue weighted by molar-refractivity contribution is 0.0528. The second-order valence-corrected chi connectivity index (χ2v) is 4.21. The van der Waals surface area contributed by atoms with E-state index in [0.29, 0.717) is 31.1 Å². The topological polar surface area (TPSA) is 75.8 Å². The molecule has 1 aromatic carbocycles. The van der Waals surface area contributed by atoms with Crippen molar-refractivity contribution in [2.24, 2.45) is 0 Å². The van der Waals surface area contributed by atoms with Gasteiger partial charge in [0.25, 0.3) is 0 Å². The maximum atomic E-state index is 11.2. The molecule has 1 heterocycles. The molecule has 0 amide bonds. The fourth-order valence-corrected chi connectivity index (χ4v) is 2.03. The smallest absolute Gasteiger partial charge is 0.337 e. The second kappa shape index (κ2) is 4.63. The number of ether oxygens (including phenoxy) is 1. The highest BCUT2D eigenvalue weighted by molar-refractivity contribution is 5.95. The summed E-state index contributed by atoms with van der Waals surface area (Å²) in [5, 5.41) is 9.15. The highest BCUT2D eigenvalue weighted by Crippen LogP contribution is 2.25. The van der Waals surface area contributed by atoms with Crippen LogP contribution in [0.1, 0.15) is 17.3 Å². The van der Waals surface area contributed by atoms with Crippen LogP contribution in [0.5, 0.6) is 0 Å². The number of carboxylic acid groups (broad SMARTS) is 1. The molecular formula is C12H16N2O3. The van der Waals surface area contributed by atoms with Gasteiger partial charge in [0.2, 0.25) is 0 Å². The fourth-order valence-electron chi connectivity index (χ4n) is 2.03. The van der Waals surface area contributed by atoms with E-state index >= 15 is 0 Å². The Balaban J connectivity index is 2.35. The van der Waals surface area contributed by atoms with Crippen LogP contribution in [0.15, 0.2) is 18.2 Å². The van der Waals surface area contributed by atoms with E-state index in [1.165, 1.54) is 0 Å². The summed E-state index contributed by atoms with van der Waals surface area (Å²) in [6.45, 7) is 3.95. The third-order valence-electron chi connectivity index (χ3n) is 2.83. The number of carboxylic acids is 1. The average Bonchev–Trinajstić information content (AvgIpc) is 2.28. The van der Waals surface area contributed by atoms with Crippen LogP contribution in [0, 0.1) is 0 Å². The maximum absolute atomic E-state index is 11.2. The van der Waals surface area contributed by atoms with E-state index in [4.69, 9.17) is 15.6 Å². The summed E-state index contributed by atoms with van der Waals surface area (Å²) < 4.78 is 5.44. The molecule has 1 saturated heterocycles. The van der Waals surface area contributed by atoms with Crippen molar-refractivity contribution in [1.29, 1.82) is 0 Å². The van der Waals surface area contributed by atoms with Gasteiger partial charge < -0.3 is 20.5 Å². The first-order chi connectivity index (χ1) is 8.08. The van der Waals surface area contributed by atoms with Crippen LogP contribution in [-0.4, -0.2) is 36.9 Å². The van der Waals surface area contributed by atoms with Gasteiger partial charge in [0, 0.05) is 18.8 Å². The molecule has 2 rings (SSSR count). The van der Waals surface area contributed by atoms with Gasteiger partial charge in [0.05, 0.1) is 24.0 Å². The maximum Gasteiger partial charge on any atom is 0.337 e. The molecule has 1 unspecified atom stereocenters. The number of benzene rings is 1. The number of nitrogens with zero attached hydrogens (tertiary/aromatic N) is 1. The van der Waals surface area contributed by atoms with Gasteiger partial charge >= 0.3 is 5.97 Å². The lowest BCUT2D eigenvalue weighted by atomic mass is 10.1. The Hall–Kier alpha value is -1.75. The largest absolute Gasteiger partial charge is 0.478 e. The van der Waals surface area contributed by atoms with Gasteiger partial charge in [0.15, 0.2) is 0 Å². The van der Waals surface area contributed by atoms with Crippen LogP contribution in [0.2, 0.25) is 0 Å². The van der Waals surface area contributed by atoms with Crippen molar-refractivity contribution in [1.82, 2.24) is 0 Å². The monoisotopic (exact) mass is 236 g/mol. The van der Waals surface area contributed by atoms with Gasteiger partial charge in [0.1, 0.15) is 0 Å². The normalized spacial score (nSPS) is 20.3. The third-order valence-corrected chi connectivity index (χ3v) is 2.83. The Morgan fingerprint density at radius 2 is 2.35 bits per heavy atom. The van der Waals surface area contributed by atoms with Crippen molar-refractivity contribution in [2.75, 3.05) is 30.3 Å². The second-order valence-electron chi connectivity index (χ2n) is 4.21. The molecular weight excluding hydrogens is 220 g/mol. The van der Waals surface area contributed by atoms with Gasteiger partial charge in [-0.15, -0.1) is 0 Å². The van der Waals surface area contributed by atoms with Crippen LogP contribution in [0.3, 0.4) is 0 Å². The Morgan fingerprint density at radius 1 is 1.59 bits per heavy atom. The van der Waals surface area contributed by atoms with Crippen LogP contribution in [0.4, 0.5) is 11.4 Å². The highest BCUT2D eigenvalue weighted by Gasteiger charge is 2.21. The van der Waals surface area contributed by atoms with E-state index in [2.05, 4.69) is 0 Å². The zero-order valence-electron chi connectivity index (χ0n) is 9.72. The fraction of sp³-hybridized carbons (Fsp3) is 0.417. The molecule has 1 aliphatic rings. The predicted octanol–water partition coefficient (Wildman–Crippen LogP) is 1.19. The lowest BCUT2D eigenvalue weighted by Gasteiger charge is -2.33.